The molecule has 2 aromatic rings. The van der Waals surface area contributed by atoms with Gasteiger partial charge in [-0.2, -0.15) is 0 Å². The third-order valence-corrected chi connectivity index (χ3v) is 8.38. The monoisotopic (exact) mass is 445 g/mol. The Kier molecular flexibility index (Phi) is 4.98. The van der Waals surface area contributed by atoms with Gasteiger partial charge in [0.2, 0.25) is 0 Å². The summed E-state index contributed by atoms with van der Waals surface area (Å²) in [6.07, 6.45) is 6.54. The topological polar surface area (TPSA) is 59.0 Å². The van der Waals surface area contributed by atoms with Crippen LogP contribution in [0.15, 0.2) is 49.1 Å². The van der Waals surface area contributed by atoms with E-state index in [4.69, 9.17) is 9.47 Å². The van der Waals surface area contributed by atoms with Crippen LogP contribution < -0.4 is 9.47 Å². The van der Waals surface area contributed by atoms with Gasteiger partial charge in [-0.05, 0) is 50.1 Å². The molecule has 1 saturated carbocycles. The third-order valence-electron chi connectivity index (χ3n) is 8.38. The number of aromatic hydroxyl groups is 1. The molecule has 4 aliphatic rings. The number of ether oxygens (including phenoxy) is 2. The Labute approximate surface area is 195 Å². The maximum atomic E-state index is 13.0. The van der Waals surface area contributed by atoms with Gasteiger partial charge in [-0.25, -0.2) is 0 Å². The van der Waals surface area contributed by atoms with E-state index in [2.05, 4.69) is 35.7 Å². The first-order valence-electron chi connectivity index (χ1n) is 12.2. The van der Waals surface area contributed by atoms with Gasteiger partial charge in [0.1, 0.15) is 5.75 Å². The van der Waals surface area contributed by atoms with Gasteiger partial charge in [-0.15, -0.1) is 6.58 Å². The van der Waals surface area contributed by atoms with E-state index < -0.39 is 6.10 Å². The molecule has 6 rings (SSSR count). The summed E-state index contributed by atoms with van der Waals surface area (Å²) in [4.78, 5) is 15.5. The zero-order valence-electron chi connectivity index (χ0n) is 19.0. The van der Waals surface area contributed by atoms with E-state index in [1.807, 2.05) is 12.1 Å². The maximum absolute atomic E-state index is 13.0. The van der Waals surface area contributed by atoms with Gasteiger partial charge in [0.05, 0.1) is 6.61 Å². The molecule has 2 bridgehead atoms. The summed E-state index contributed by atoms with van der Waals surface area (Å²) < 4.78 is 12.6. The van der Waals surface area contributed by atoms with Crippen molar-refractivity contribution in [2.24, 2.45) is 5.92 Å². The fourth-order valence-electron chi connectivity index (χ4n) is 7.08. The molecule has 0 unspecified atom stereocenters. The van der Waals surface area contributed by atoms with Crippen LogP contribution in [0, 0.1) is 5.92 Å². The summed E-state index contributed by atoms with van der Waals surface area (Å²) in [5, 5.41) is 10.9. The predicted molar refractivity (Wildman–Crippen MR) is 126 cm³/mol. The first-order valence-corrected chi connectivity index (χ1v) is 12.2. The number of likely N-dealkylation sites (tertiary alicyclic amines) is 1. The average molecular weight is 446 g/mol. The molecule has 172 valence electrons. The molecule has 5 nitrogen and oxygen atoms in total. The number of rotatable bonds is 7. The fraction of sp³-hybridized carbons (Fsp3) is 0.464. The van der Waals surface area contributed by atoms with Crippen LogP contribution in [0.2, 0.25) is 0 Å². The SMILES string of the molecule is C=CCN1CC[C@]23c4c5c(OCCCc6ccccc6)cc(O)c4O[C@H]2C(=O)CC[C@H]3[C@H]1C5. The Hall–Kier alpha value is -2.79. The number of Topliss-reactive ketones (excluding diaryl/α,β-unsaturated/α-hetero) is 1. The molecule has 1 saturated heterocycles. The molecular formula is C28H31NO4. The number of carbonyl (C=O) groups excluding carboxylic acids is 1. The van der Waals surface area contributed by atoms with Crippen molar-refractivity contribution < 1.29 is 19.4 Å². The molecule has 1 spiro atoms. The number of phenols is 1. The summed E-state index contributed by atoms with van der Waals surface area (Å²) in [6.45, 7) is 6.32. The molecule has 2 aliphatic carbocycles. The quantitative estimate of drug-likeness (QED) is 0.511. The summed E-state index contributed by atoms with van der Waals surface area (Å²) >= 11 is 0. The van der Waals surface area contributed by atoms with Gasteiger partial charge < -0.3 is 14.6 Å². The molecule has 1 N–H and O–H groups in total. The predicted octanol–water partition coefficient (Wildman–Crippen LogP) is 4.20. The second-order valence-electron chi connectivity index (χ2n) is 9.97. The molecule has 4 atom stereocenters. The van der Waals surface area contributed by atoms with Crippen molar-refractivity contribution in [3.8, 4) is 17.2 Å². The van der Waals surface area contributed by atoms with Crippen LogP contribution in [0.5, 0.6) is 17.2 Å². The summed E-state index contributed by atoms with van der Waals surface area (Å²) in [7, 11) is 0. The zero-order valence-corrected chi connectivity index (χ0v) is 19.0. The highest BCUT2D eigenvalue weighted by Gasteiger charge is 2.66. The van der Waals surface area contributed by atoms with Crippen LogP contribution in [0.1, 0.15) is 42.4 Å². The van der Waals surface area contributed by atoms with E-state index in [1.165, 1.54) is 5.56 Å². The smallest absolute Gasteiger partial charge is 0.174 e. The van der Waals surface area contributed by atoms with Crippen LogP contribution in [0.25, 0.3) is 0 Å². The van der Waals surface area contributed by atoms with Crippen molar-refractivity contribution in [1.82, 2.24) is 4.90 Å². The van der Waals surface area contributed by atoms with E-state index in [0.29, 0.717) is 30.7 Å². The van der Waals surface area contributed by atoms with Crippen molar-refractivity contribution >= 4 is 5.78 Å². The largest absolute Gasteiger partial charge is 0.504 e. The minimum absolute atomic E-state index is 0.106. The van der Waals surface area contributed by atoms with Gasteiger partial charge in [-0.3, -0.25) is 9.69 Å². The van der Waals surface area contributed by atoms with E-state index in [0.717, 1.165) is 62.1 Å². The second-order valence-corrected chi connectivity index (χ2v) is 9.97. The van der Waals surface area contributed by atoms with E-state index >= 15 is 0 Å². The van der Waals surface area contributed by atoms with Crippen LogP contribution >= 0.6 is 0 Å². The van der Waals surface area contributed by atoms with Gasteiger partial charge in [0.25, 0.3) is 0 Å². The third kappa shape index (κ3) is 3.05. The van der Waals surface area contributed by atoms with Crippen LogP contribution in [0.3, 0.4) is 0 Å². The maximum Gasteiger partial charge on any atom is 0.174 e. The number of hydrogen-bond acceptors (Lipinski definition) is 5. The lowest BCUT2D eigenvalue weighted by atomic mass is 9.51. The highest BCUT2D eigenvalue weighted by atomic mass is 16.5. The lowest BCUT2D eigenvalue weighted by Gasteiger charge is -2.57. The lowest BCUT2D eigenvalue weighted by molar-refractivity contribution is -0.138. The van der Waals surface area contributed by atoms with Crippen LogP contribution in [-0.2, 0) is 23.1 Å². The molecule has 2 aromatic carbocycles. The number of hydrogen-bond donors (Lipinski definition) is 1. The molecular weight excluding hydrogens is 414 g/mol. The summed E-state index contributed by atoms with van der Waals surface area (Å²) in [5.41, 5.74) is 3.17. The first-order chi connectivity index (χ1) is 16.1. The minimum atomic E-state index is -0.474. The van der Waals surface area contributed by atoms with Gasteiger partial charge in [0, 0.05) is 41.6 Å². The first kappa shape index (κ1) is 20.8. The summed E-state index contributed by atoms with van der Waals surface area (Å²) in [5.74, 6) is 1.92. The normalized spacial score (nSPS) is 29.3. The molecule has 5 heteroatoms. The Balaban J connectivity index is 1.35. The molecule has 0 amide bonds. The fourth-order valence-corrected chi connectivity index (χ4v) is 7.08. The number of benzene rings is 2. The lowest BCUT2D eigenvalue weighted by Crippen LogP contribution is -2.66. The Morgan fingerprint density at radius 2 is 2.15 bits per heavy atom. The van der Waals surface area contributed by atoms with E-state index in [1.54, 1.807) is 6.07 Å². The molecule has 0 radical (unpaired) electrons. The number of nitrogens with zero attached hydrogens (tertiary/aromatic N) is 1. The van der Waals surface area contributed by atoms with Gasteiger partial charge in [-0.1, -0.05) is 36.4 Å². The second kappa shape index (κ2) is 7.91. The molecule has 2 fully saturated rings. The van der Waals surface area contributed by atoms with Gasteiger partial charge >= 0.3 is 0 Å². The van der Waals surface area contributed by atoms with Crippen molar-refractivity contribution in [3.05, 3.63) is 65.7 Å². The highest BCUT2D eigenvalue weighted by Crippen LogP contribution is 2.64. The Bertz CT molecular complexity index is 1100. The molecule has 0 aromatic heterocycles. The van der Waals surface area contributed by atoms with Gasteiger partial charge in [0.15, 0.2) is 23.4 Å². The standard InChI is InChI=1S/C28H31NO4/c1-2-13-29-14-12-28-20-10-11-22(30)27(28)33-26-23(31)17-24(19(25(26)28)16-21(20)29)32-15-6-9-18-7-4-3-5-8-18/h2-5,7-8,17,20-21,27,31H,1,6,9-16H2/t20-,21+,27-,28-/m0/s1. The van der Waals surface area contributed by atoms with E-state index in [9.17, 15) is 9.90 Å². The van der Waals surface area contributed by atoms with Crippen molar-refractivity contribution in [1.29, 1.82) is 0 Å². The van der Waals surface area contributed by atoms with Crippen molar-refractivity contribution in [2.75, 3.05) is 19.7 Å². The van der Waals surface area contributed by atoms with Crippen LogP contribution in [-0.4, -0.2) is 47.6 Å². The highest BCUT2D eigenvalue weighted by molar-refractivity contribution is 5.89. The number of carbonyl (C=O) groups is 1. The van der Waals surface area contributed by atoms with E-state index in [-0.39, 0.29) is 16.9 Å². The average Bonchev–Trinajstić information content (AvgIpc) is 3.18. The molecule has 33 heavy (non-hydrogen) atoms. The van der Waals surface area contributed by atoms with Crippen molar-refractivity contribution in [2.45, 2.75) is 56.1 Å². The number of ketones is 1. The molecule has 2 heterocycles. The Morgan fingerprint density at radius 1 is 1.30 bits per heavy atom. The Morgan fingerprint density at radius 3 is 2.97 bits per heavy atom. The number of phenolic OH excluding ortho intramolecular Hbond substituents is 1. The van der Waals surface area contributed by atoms with Crippen LogP contribution in [0.4, 0.5) is 0 Å². The summed E-state index contributed by atoms with van der Waals surface area (Å²) in [6, 6.07) is 12.5. The number of piperidine rings is 1. The molecule has 2 aliphatic heterocycles. The minimum Gasteiger partial charge on any atom is -0.504 e. The van der Waals surface area contributed by atoms with Crippen molar-refractivity contribution in [3.63, 3.8) is 0 Å². The number of aryl methyl sites for hydroxylation is 1. The zero-order chi connectivity index (χ0) is 22.6.